The number of ether oxygens (including phenoxy) is 2. The average Bonchev–Trinajstić information content (AvgIpc) is 3.85. The quantitative estimate of drug-likeness (QED) is 0.139. The van der Waals surface area contributed by atoms with Crippen molar-refractivity contribution in [2.24, 2.45) is 0 Å². The van der Waals surface area contributed by atoms with Crippen LogP contribution in [0.2, 0.25) is 0 Å². The van der Waals surface area contributed by atoms with Crippen molar-refractivity contribution in [1.82, 2.24) is 39.5 Å². The highest BCUT2D eigenvalue weighted by Gasteiger charge is 2.17. The van der Waals surface area contributed by atoms with Crippen LogP contribution in [0.1, 0.15) is 11.1 Å². The summed E-state index contributed by atoms with van der Waals surface area (Å²) in [5, 5.41) is 9.32. The first-order valence-corrected chi connectivity index (χ1v) is 17.0. The van der Waals surface area contributed by atoms with Gasteiger partial charge in [-0.05, 0) is 60.7 Å². The normalized spacial score (nSPS) is 10.7. The maximum absolute atomic E-state index is 14.2. The smallest absolute Gasteiger partial charge is 0.213 e. The molecule has 0 radical (unpaired) electrons. The summed E-state index contributed by atoms with van der Waals surface area (Å²) in [4.78, 5) is 17.7. The number of aromatic nitrogens is 8. The molecule has 0 aliphatic rings. The minimum Gasteiger partial charge on any atom is -0.481 e. The van der Waals surface area contributed by atoms with Crippen LogP contribution in [0, 0.1) is 11.6 Å². The van der Waals surface area contributed by atoms with Crippen LogP contribution in [-0.4, -0.2) is 53.7 Å². The van der Waals surface area contributed by atoms with Crippen molar-refractivity contribution in [2.75, 3.05) is 14.2 Å². The zero-order valence-corrected chi connectivity index (χ0v) is 29.4. The van der Waals surface area contributed by atoms with E-state index in [9.17, 15) is 8.78 Å². The highest BCUT2D eigenvalue weighted by atomic mass is 19.1. The summed E-state index contributed by atoms with van der Waals surface area (Å²) in [6.07, 6.45) is 3.44. The van der Waals surface area contributed by atoms with Crippen molar-refractivity contribution in [3.8, 4) is 57.3 Å². The van der Waals surface area contributed by atoms with Crippen molar-refractivity contribution in [2.45, 2.75) is 13.1 Å². The van der Waals surface area contributed by atoms with Crippen LogP contribution in [-0.2, 0) is 13.1 Å². The molecule has 0 spiro atoms. The third-order valence-corrected chi connectivity index (χ3v) is 8.36. The summed E-state index contributed by atoms with van der Waals surface area (Å²) in [6.45, 7) is 0.580. The van der Waals surface area contributed by atoms with Gasteiger partial charge < -0.3 is 9.47 Å². The molecule has 0 fully saturated rings. The summed E-state index contributed by atoms with van der Waals surface area (Å²) in [5.41, 5.74) is 6.91. The van der Waals surface area contributed by atoms with E-state index in [1.807, 2.05) is 84.9 Å². The molecule has 0 saturated heterocycles. The number of nitrogens with zero attached hydrogens (tertiary/aromatic N) is 8. The Balaban J connectivity index is 0.000000167. The molecule has 0 unspecified atom stereocenters. The third-order valence-electron chi connectivity index (χ3n) is 8.36. The van der Waals surface area contributed by atoms with Gasteiger partial charge in [-0.1, -0.05) is 60.7 Å². The Morgan fingerprint density at radius 2 is 0.907 bits per heavy atom. The van der Waals surface area contributed by atoms with Crippen molar-refractivity contribution in [1.29, 1.82) is 0 Å². The molecule has 10 nitrogen and oxygen atoms in total. The number of hydrogen-bond donors (Lipinski definition) is 0. The molecule has 0 aliphatic carbocycles. The summed E-state index contributed by atoms with van der Waals surface area (Å²) in [7, 11) is 3.14. The summed E-state index contributed by atoms with van der Waals surface area (Å²) in [6, 6.07) is 39.5. The second kappa shape index (κ2) is 16.5. The number of hydrogen-bond acceptors (Lipinski definition) is 8. The number of rotatable bonds is 10. The maximum Gasteiger partial charge on any atom is 0.213 e. The molecule has 0 N–H and O–H groups in total. The molecule has 0 saturated carbocycles. The molecule has 0 bridgehead atoms. The van der Waals surface area contributed by atoms with E-state index >= 15 is 0 Å². The van der Waals surface area contributed by atoms with Gasteiger partial charge in [-0.2, -0.15) is 10.2 Å². The fraction of sp³-hybridized carbons (Fsp3) is 0.0952. The molecule has 0 atom stereocenters. The lowest BCUT2D eigenvalue weighted by atomic mass is 10.2. The van der Waals surface area contributed by atoms with Gasteiger partial charge in [-0.15, -0.1) is 0 Å². The molecule has 0 aliphatic heterocycles. The Bertz CT molecular complexity index is 2470. The first-order chi connectivity index (χ1) is 26.5. The zero-order chi connectivity index (χ0) is 37.3. The Kier molecular flexibility index (Phi) is 10.8. The van der Waals surface area contributed by atoms with Gasteiger partial charge in [-0.3, -0.25) is 19.3 Å². The van der Waals surface area contributed by atoms with Gasteiger partial charge in [0.25, 0.3) is 0 Å². The van der Waals surface area contributed by atoms with E-state index in [-0.39, 0.29) is 18.2 Å². The molecule has 6 heterocycles. The van der Waals surface area contributed by atoms with Crippen LogP contribution in [0.3, 0.4) is 0 Å². The Morgan fingerprint density at radius 3 is 1.43 bits per heavy atom. The Hall–Kier alpha value is -7.08. The fourth-order valence-corrected chi connectivity index (χ4v) is 5.68. The molecule has 2 aromatic carbocycles. The molecule has 6 aromatic heterocycles. The van der Waals surface area contributed by atoms with Crippen LogP contribution in [0.25, 0.3) is 45.6 Å². The standard InChI is InChI=1S/2C21H17FN4O/c1-27-21-11-6-10-17(24-21)19-13-20(18-9-4-5-12-23-18)26(25-19)14-15-7-2-3-8-16(15)22;1-27-21-11-6-10-18(24-21)20-13-19(17-9-4-5-12-23-17)25-26(20)14-15-7-2-3-8-16(15)22/h2*2-13H,14H2,1H3. The van der Waals surface area contributed by atoms with Gasteiger partial charge in [0.05, 0.1) is 61.5 Å². The zero-order valence-electron chi connectivity index (χ0n) is 29.4. The molecular formula is C42H34F2N8O2. The van der Waals surface area contributed by atoms with E-state index in [1.54, 1.807) is 72.4 Å². The van der Waals surface area contributed by atoms with Crippen LogP contribution in [0.5, 0.6) is 11.8 Å². The third kappa shape index (κ3) is 8.18. The van der Waals surface area contributed by atoms with E-state index in [1.165, 1.54) is 12.1 Å². The lowest BCUT2D eigenvalue weighted by molar-refractivity contribution is 0.398. The molecule has 268 valence electrons. The molecule has 8 aromatic rings. The summed E-state index contributed by atoms with van der Waals surface area (Å²) >= 11 is 0. The molecular weight excluding hydrogens is 687 g/mol. The topological polar surface area (TPSA) is 106 Å². The van der Waals surface area contributed by atoms with E-state index in [0.29, 0.717) is 52.2 Å². The SMILES string of the molecule is COc1cccc(-c2cc(-c3ccccn3)n(Cc3ccccc3F)n2)n1.COc1cccc(-c2cc(-c3ccccn3)nn2Cc2ccccc2F)n1. The molecule has 12 heteroatoms. The van der Waals surface area contributed by atoms with Gasteiger partial charge in [0.2, 0.25) is 11.8 Å². The number of pyridine rings is 4. The highest BCUT2D eigenvalue weighted by Crippen LogP contribution is 2.28. The predicted molar refractivity (Wildman–Crippen MR) is 201 cm³/mol. The highest BCUT2D eigenvalue weighted by molar-refractivity contribution is 5.66. The number of halogens is 2. The van der Waals surface area contributed by atoms with E-state index in [4.69, 9.17) is 9.47 Å². The van der Waals surface area contributed by atoms with E-state index in [2.05, 4.69) is 30.1 Å². The second-order valence-electron chi connectivity index (χ2n) is 11.9. The van der Waals surface area contributed by atoms with Crippen LogP contribution in [0.15, 0.2) is 146 Å². The number of methoxy groups -OCH3 is 2. The van der Waals surface area contributed by atoms with Crippen molar-refractivity contribution >= 4 is 0 Å². The molecule has 8 rings (SSSR count). The predicted octanol–water partition coefficient (Wildman–Crippen LogP) is 8.41. The van der Waals surface area contributed by atoms with Gasteiger partial charge in [0.1, 0.15) is 23.0 Å². The summed E-state index contributed by atoms with van der Waals surface area (Å²) in [5.74, 6) is 0.485. The second-order valence-corrected chi connectivity index (χ2v) is 11.9. The van der Waals surface area contributed by atoms with Gasteiger partial charge in [0, 0.05) is 35.7 Å². The van der Waals surface area contributed by atoms with Crippen LogP contribution in [0.4, 0.5) is 8.78 Å². The maximum atomic E-state index is 14.2. The average molecular weight is 721 g/mol. The monoisotopic (exact) mass is 720 g/mol. The minimum absolute atomic E-state index is 0.263. The van der Waals surface area contributed by atoms with Gasteiger partial charge in [0.15, 0.2) is 0 Å². The Morgan fingerprint density at radius 1 is 0.463 bits per heavy atom. The van der Waals surface area contributed by atoms with E-state index < -0.39 is 0 Å². The summed E-state index contributed by atoms with van der Waals surface area (Å²) < 4.78 is 42.2. The van der Waals surface area contributed by atoms with E-state index in [0.717, 1.165) is 22.8 Å². The number of benzene rings is 2. The first-order valence-electron chi connectivity index (χ1n) is 17.0. The lowest BCUT2D eigenvalue weighted by Crippen LogP contribution is -2.06. The minimum atomic E-state index is -0.267. The van der Waals surface area contributed by atoms with Gasteiger partial charge >= 0.3 is 0 Å². The largest absolute Gasteiger partial charge is 0.481 e. The molecule has 0 amide bonds. The van der Waals surface area contributed by atoms with Crippen molar-refractivity contribution < 1.29 is 18.3 Å². The van der Waals surface area contributed by atoms with Crippen LogP contribution >= 0.6 is 0 Å². The fourth-order valence-electron chi connectivity index (χ4n) is 5.68. The van der Waals surface area contributed by atoms with Crippen molar-refractivity contribution in [3.63, 3.8) is 0 Å². The van der Waals surface area contributed by atoms with Crippen LogP contribution < -0.4 is 9.47 Å². The van der Waals surface area contributed by atoms with Gasteiger partial charge in [-0.25, -0.2) is 18.7 Å². The molecule has 54 heavy (non-hydrogen) atoms. The first kappa shape index (κ1) is 35.3. The lowest BCUT2D eigenvalue weighted by Gasteiger charge is -2.09. The van der Waals surface area contributed by atoms with Crippen molar-refractivity contribution in [3.05, 3.63) is 169 Å². The Labute approximate surface area is 310 Å².